The highest BCUT2D eigenvalue weighted by Crippen LogP contribution is 2.47. The van der Waals surface area contributed by atoms with E-state index in [2.05, 4.69) is 10.6 Å². The second-order valence-electron chi connectivity index (χ2n) is 7.28. The van der Waals surface area contributed by atoms with Crippen LogP contribution in [0.25, 0.3) is 0 Å². The number of halogens is 4. The molecule has 1 aliphatic rings. The van der Waals surface area contributed by atoms with Crippen LogP contribution in [0.4, 0.5) is 35.0 Å². The van der Waals surface area contributed by atoms with E-state index in [4.69, 9.17) is 9.84 Å². The van der Waals surface area contributed by atoms with Gasteiger partial charge < -0.3 is 25.6 Å². The lowest BCUT2D eigenvalue weighted by Crippen LogP contribution is -2.32. The second-order valence-corrected chi connectivity index (χ2v) is 10.3. The normalized spacial score (nSPS) is 16.2. The average Bonchev–Trinajstić information content (AvgIpc) is 3.54. The first kappa shape index (κ1) is 24.7. The Morgan fingerprint density at radius 2 is 1.94 bits per heavy atom. The smallest absolute Gasteiger partial charge is 0.314 e. The van der Waals surface area contributed by atoms with E-state index in [0.29, 0.717) is 22.5 Å². The third kappa shape index (κ3) is 5.18. The molecule has 0 saturated heterocycles. The van der Waals surface area contributed by atoms with Crippen LogP contribution in [0.3, 0.4) is 0 Å². The lowest BCUT2D eigenvalue weighted by atomic mass is 10.2. The highest BCUT2D eigenvalue weighted by Gasteiger charge is 2.52. The fourth-order valence-corrected chi connectivity index (χ4v) is 5.03. The molecule has 2 aromatic rings. The maximum atomic E-state index is 14.7. The van der Waals surface area contributed by atoms with Gasteiger partial charge in [-0.15, -0.1) is 0 Å². The summed E-state index contributed by atoms with van der Waals surface area (Å²) in [4.78, 5) is 12.7. The van der Waals surface area contributed by atoms with Crippen LogP contribution in [0.2, 0.25) is 0 Å². The first-order chi connectivity index (χ1) is 15.1. The van der Waals surface area contributed by atoms with Crippen molar-refractivity contribution in [1.29, 1.82) is 0 Å². The summed E-state index contributed by atoms with van der Waals surface area (Å²) < 4.78 is 60.5. The van der Waals surface area contributed by atoms with E-state index < -0.39 is 56.6 Å². The number of rotatable bonds is 8. The van der Waals surface area contributed by atoms with Crippen LogP contribution < -0.4 is 15.4 Å². The highest BCUT2D eigenvalue weighted by atomic mass is 127. The fraction of sp³-hybridized carbons (Fsp3) is 0.350. The molecule has 1 fully saturated rings. The van der Waals surface area contributed by atoms with Gasteiger partial charge in [0.2, 0.25) is 0 Å². The summed E-state index contributed by atoms with van der Waals surface area (Å²) in [6.07, 6.45) is -0.430. The molecule has 7 nitrogen and oxygen atoms in total. The van der Waals surface area contributed by atoms with Gasteiger partial charge in [-0.1, -0.05) is 0 Å². The number of aliphatic hydroxyl groups excluding tert-OH is 2. The number of hydrogen-bond acceptors (Lipinski definition) is 6. The van der Waals surface area contributed by atoms with E-state index in [1.54, 1.807) is 0 Å². The van der Waals surface area contributed by atoms with Crippen molar-refractivity contribution in [2.75, 3.05) is 24.4 Å². The van der Waals surface area contributed by atoms with E-state index in [1.165, 1.54) is 18.2 Å². The predicted octanol–water partition coefficient (Wildman–Crippen LogP) is 4.02. The van der Waals surface area contributed by atoms with Crippen molar-refractivity contribution in [2.45, 2.75) is 30.1 Å². The van der Waals surface area contributed by atoms with Gasteiger partial charge in [0.25, 0.3) is 0 Å². The number of benzene rings is 2. The van der Waals surface area contributed by atoms with Crippen molar-refractivity contribution < 1.29 is 37.1 Å². The van der Waals surface area contributed by atoms with Gasteiger partial charge in [-0.3, -0.25) is 4.79 Å². The van der Waals surface area contributed by atoms with Crippen molar-refractivity contribution in [3.63, 3.8) is 0 Å². The summed E-state index contributed by atoms with van der Waals surface area (Å²) in [5, 5.41) is 22.4. The Morgan fingerprint density at radius 1 is 1.25 bits per heavy atom. The van der Waals surface area contributed by atoms with E-state index in [9.17, 15) is 27.3 Å². The van der Waals surface area contributed by atoms with Crippen LogP contribution in [0.5, 0.6) is 5.75 Å². The molecule has 2 atom stereocenters. The molecule has 4 N–H and O–H groups in total. The number of hydrogen-bond donors (Lipinski definition) is 4. The minimum atomic E-state index is -2.17. The Bertz CT molecular complexity index is 1070. The maximum absolute atomic E-state index is 14.7. The van der Waals surface area contributed by atoms with Crippen molar-refractivity contribution in [2.24, 2.45) is 0 Å². The largest absolute Gasteiger partial charge is 0.494 e. The van der Waals surface area contributed by atoms with E-state index in [0.717, 1.165) is 7.11 Å². The quantitative estimate of drug-likeness (QED) is 0.350. The summed E-state index contributed by atoms with van der Waals surface area (Å²) in [6, 6.07) is 4.73. The summed E-state index contributed by atoms with van der Waals surface area (Å²) in [6.45, 7) is -0.548. The molecular formula is C20H20F3IN2O5S. The first-order valence-electron chi connectivity index (χ1n) is 9.41. The summed E-state index contributed by atoms with van der Waals surface area (Å²) in [7, 11) is -1.01. The Kier molecular flexibility index (Phi) is 7.68. The van der Waals surface area contributed by atoms with Crippen LogP contribution in [-0.4, -0.2) is 44.2 Å². The molecule has 0 spiro atoms. The van der Waals surface area contributed by atoms with Crippen molar-refractivity contribution in [3.8, 4) is 5.75 Å². The molecular weight excluding hydrogens is 564 g/mol. The van der Waals surface area contributed by atoms with Gasteiger partial charge in [-0.05, 0) is 60.1 Å². The molecule has 3 rings (SSSR count). The lowest BCUT2D eigenvalue weighted by Gasteiger charge is -2.20. The summed E-state index contributed by atoms with van der Waals surface area (Å²) in [5.74, 6) is -3.72. The third-order valence-corrected chi connectivity index (χ3v) is 7.48. The number of ether oxygens (including phenoxy) is 1. The Labute approximate surface area is 197 Å². The van der Waals surface area contributed by atoms with Gasteiger partial charge in [-0.25, -0.2) is 17.4 Å². The molecule has 2 aromatic carbocycles. The molecule has 2 unspecified atom stereocenters. The SMILES string of the molecule is COc1cc(F)c(F)c(Nc2ccc(I)cc2F)c1NC(=O)S(=O)C1(CC(O)CO)CC1. The monoisotopic (exact) mass is 584 g/mol. The van der Waals surface area contributed by atoms with E-state index in [1.807, 2.05) is 22.6 Å². The van der Waals surface area contributed by atoms with Crippen molar-refractivity contribution >= 4 is 55.7 Å². The molecule has 0 bridgehead atoms. The van der Waals surface area contributed by atoms with Crippen molar-refractivity contribution in [1.82, 2.24) is 0 Å². The Balaban J connectivity index is 1.95. The van der Waals surface area contributed by atoms with Crippen LogP contribution in [0.15, 0.2) is 24.3 Å². The van der Waals surface area contributed by atoms with Crippen LogP contribution in [0, 0.1) is 21.0 Å². The number of methoxy groups -OCH3 is 1. The molecule has 0 aliphatic heterocycles. The first-order valence-corrected chi connectivity index (χ1v) is 11.6. The number of amides is 1. The molecule has 174 valence electrons. The predicted molar refractivity (Wildman–Crippen MR) is 122 cm³/mol. The van der Waals surface area contributed by atoms with Crippen molar-refractivity contribution in [3.05, 3.63) is 45.3 Å². The summed E-state index contributed by atoms with van der Waals surface area (Å²) in [5.41, 5.74) is -1.15. The number of aliphatic hydroxyl groups is 2. The van der Waals surface area contributed by atoms with Gasteiger partial charge in [0, 0.05) is 9.64 Å². The van der Waals surface area contributed by atoms with Gasteiger partial charge in [0.1, 0.15) is 33.7 Å². The van der Waals surface area contributed by atoms with Gasteiger partial charge in [0.15, 0.2) is 11.6 Å². The summed E-state index contributed by atoms with van der Waals surface area (Å²) >= 11 is 1.88. The molecule has 32 heavy (non-hydrogen) atoms. The molecule has 12 heteroatoms. The van der Waals surface area contributed by atoms with Crippen LogP contribution >= 0.6 is 22.6 Å². The topological polar surface area (TPSA) is 108 Å². The number of anilines is 3. The highest BCUT2D eigenvalue weighted by molar-refractivity contribution is 14.1. The molecule has 0 aromatic heterocycles. The Hall–Kier alpha value is -1.90. The van der Waals surface area contributed by atoms with Gasteiger partial charge in [0.05, 0.1) is 30.3 Å². The van der Waals surface area contributed by atoms with E-state index in [-0.39, 0.29) is 23.5 Å². The maximum Gasteiger partial charge on any atom is 0.314 e. The number of carbonyl (C=O) groups excluding carboxylic acids is 1. The number of carbonyl (C=O) groups is 1. The third-order valence-electron chi connectivity index (χ3n) is 5.01. The molecule has 1 amide bonds. The van der Waals surface area contributed by atoms with Gasteiger partial charge >= 0.3 is 5.24 Å². The zero-order chi connectivity index (χ0) is 23.6. The molecule has 1 aliphatic carbocycles. The minimum Gasteiger partial charge on any atom is -0.494 e. The molecule has 1 saturated carbocycles. The zero-order valence-electron chi connectivity index (χ0n) is 16.8. The Morgan fingerprint density at radius 3 is 2.50 bits per heavy atom. The second kappa shape index (κ2) is 9.93. The minimum absolute atomic E-state index is 0.0581. The standard InChI is InChI=1S/C20H20F3IN2O5S/c1-31-15-7-13(22)16(23)18(25-14-3-2-10(24)6-12(14)21)17(15)26-19(29)32(30)20(4-5-20)8-11(28)9-27/h2-3,6-7,11,25,27-28H,4-5,8-9H2,1H3,(H,26,29). The van der Waals surface area contributed by atoms with E-state index >= 15 is 0 Å². The lowest BCUT2D eigenvalue weighted by molar-refractivity contribution is 0.0862. The number of nitrogens with one attached hydrogen (secondary N) is 2. The fourth-order valence-electron chi connectivity index (χ4n) is 3.17. The van der Waals surface area contributed by atoms with Gasteiger partial charge in [-0.2, -0.15) is 0 Å². The van der Waals surface area contributed by atoms with Crippen LogP contribution in [-0.2, 0) is 10.8 Å². The molecule has 0 heterocycles. The average molecular weight is 584 g/mol. The molecule has 0 radical (unpaired) electrons. The zero-order valence-corrected chi connectivity index (χ0v) is 19.7. The van der Waals surface area contributed by atoms with Crippen LogP contribution in [0.1, 0.15) is 19.3 Å².